The largest absolute Gasteiger partial charge is 0.497 e. The lowest BCUT2D eigenvalue weighted by Crippen LogP contribution is -2.43. The summed E-state index contributed by atoms with van der Waals surface area (Å²) >= 11 is 0. The molecule has 0 atom stereocenters. The summed E-state index contributed by atoms with van der Waals surface area (Å²) < 4.78 is 5.28. The van der Waals surface area contributed by atoms with Crippen molar-refractivity contribution in [2.75, 3.05) is 38.2 Å². The molecule has 0 aliphatic carbocycles. The monoisotopic (exact) mass is 302 g/mol. The molecule has 1 aliphatic rings. The molecule has 1 amide bonds. The molecule has 4 heteroatoms. The first-order valence-electron chi connectivity index (χ1n) is 7.89. The third kappa shape index (κ3) is 3.89. The normalized spacial score (nSPS) is 13.9. The Morgan fingerprint density at radius 1 is 1.41 bits per heavy atom. The zero-order valence-corrected chi connectivity index (χ0v) is 13.9. The molecule has 2 rings (SSSR count). The highest BCUT2D eigenvalue weighted by Gasteiger charge is 2.24. The number of amides is 1. The van der Waals surface area contributed by atoms with E-state index in [0.717, 1.165) is 49.5 Å². The Labute approximate surface area is 133 Å². The van der Waals surface area contributed by atoms with Gasteiger partial charge in [-0.15, -0.1) is 0 Å². The van der Waals surface area contributed by atoms with Crippen LogP contribution in [0.2, 0.25) is 0 Å². The van der Waals surface area contributed by atoms with Crippen LogP contribution >= 0.6 is 0 Å². The van der Waals surface area contributed by atoms with E-state index >= 15 is 0 Å². The van der Waals surface area contributed by atoms with Gasteiger partial charge in [-0.1, -0.05) is 19.1 Å². The van der Waals surface area contributed by atoms with Gasteiger partial charge in [0.05, 0.1) is 13.7 Å². The summed E-state index contributed by atoms with van der Waals surface area (Å²) in [5.41, 5.74) is 3.31. The summed E-state index contributed by atoms with van der Waals surface area (Å²) in [6.07, 6.45) is 2.00. The number of anilines is 1. The summed E-state index contributed by atoms with van der Waals surface area (Å²) in [5.74, 6) is 1.01. The lowest BCUT2D eigenvalue weighted by atomic mass is 10.0. The Morgan fingerprint density at radius 2 is 2.18 bits per heavy atom. The molecular weight excluding hydrogens is 276 g/mol. The lowest BCUT2D eigenvalue weighted by molar-refractivity contribution is -0.119. The number of likely N-dealkylation sites (N-methyl/N-ethyl adjacent to an activating group) is 1. The highest BCUT2D eigenvalue weighted by molar-refractivity contribution is 5.96. The van der Waals surface area contributed by atoms with Gasteiger partial charge in [-0.25, -0.2) is 0 Å². The van der Waals surface area contributed by atoms with E-state index in [1.165, 1.54) is 5.56 Å². The first kappa shape index (κ1) is 16.6. The highest BCUT2D eigenvalue weighted by Crippen LogP contribution is 2.30. The van der Waals surface area contributed by atoms with E-state index in [-0.39, 0.29) is 5.91 Å². The van der Waals surface area contributed by atoms with Crippen LogP contribution in [-0.4, -0.2) is 44.1 Å². The van der Waals surface area contributed by atoms with Gasteiger partial charge in [0.15, 0.2) is 0 Å². The maximum Gasteiger partial charge on any atom is 0.241 e. The van der Waals surface area contributed by atoms with Gasteiger partial charge in [-0.3, -0.25) is 9.69 Å². The van der Waals surface area contributed by atoms with Gasteiger partial charge in [0.25, 0.3) is 0 Å². The first-order valence-corrected chi connectivity index (χ1v) is 7.89. The molecule has 1 aromatic carbocycles. The van der Waals surface area contributed by atoms with E-state index in [2.05, 4.69) is 18.4 Å². The Balaban J connectivity index is 2.13. The molecule has 0 radical (unpaired) electrons. The fraction of sp³-hybridized carbons (Fsp3) is 0.500. The fourth-order valence-corrected chi connectivity index (χ4v) is 2.90. The molecule has 0 fully saturated rings. The maximum atomic E-state index is 12.7. The van der Waals surface area contributed by atoms with Crippen molar-refractivity contribution in [3.05, 3.63) is 35.9 Å². The number of carbonyl (C=O) groups excluding carboxylic acids is 1. The summed E-state index contributed by atoms with van der Waals surface area (Å²) in [4.78, 5) is 16.7. The minimum atomic E-state index is 0.161. The average molecular weight is 302 g/mol. The Morgan fingerprint density at radius 3 is 2.82 bits per heavy atom. The number of hydrogen-bond donors (Lipinski definition) is 0. The number of ether oxygens (including phenoxy) is 1. The van der Waals surface area contributed by atoms with E-state index in [9.17, 15) is 4.79 Å². The second kappa shape index (κ2) is 7.45. The average Bonchev–Trinajstić information content (AvgIpc) is 2.52. The number of hydrogen-bond acceptors (Lipinski definition) is 3. The predicted octanol–water partition coefficient (Wildman–Crippen LogP) is 2.87. The second-order valence-corrected chi connectivity index (χ2v) is 5.90. The van der Waals surface area contributed by atoms with Crippen LogP contribution in [0.1, 0.15) is 25.8 Å². The van der Waals surface area contributed by atoms with Crippen LogP contribution in [0.4, 0.5) is 5.69 Å². The van der Waals surface area contributed by atoms with Crippen LogP contribution in [0, 0.1) is 0 Å². The van der Waals surface area contributed by atoms with Crippen LogP contribution in [0.15, 0.2) is 30.4 Å². The summed E-state index contributed by atoms with van der Waals surface area (Å²) in [5, 5.41) is 0. The summed E-state index contributed by atoms with van der Waals surface area (Å²) in [6.45, 7) is 10.9. The minimum Gasteiger partial charge on any atom is -0.497 e. The zero-order valence-electron chi connectivity index (χ0n) is 13.9. The fourth-order valence-electron chi connectivity index (χ4n) is 2.90. The second-order valence-electron chi connectivity index (χ2n) is 5.90. The molecule has 0 unspecified atom stereocenters. The zero-order chi connectivity index (χ0) is 16.1. The van der Waals surface area contributed by atoms with Crippen molar-refractivity contribution < 1.29 is 9.53 Å². The van der Waals surface area contributed by atoms with E-state index < -0.39 is 0 Å². The van der Waals surface area contributed by atoms with Gasteiger partial charge in [-0.05, 0) is 50.1 Å². The smallest absolute Gasteiger partial charge is 0.241 e. The van der Waals surface area contributed by atoms with Crippen LogP contribution < -0.4 is 9.64 Å². The number of methoxy groups -OCH3 is 1. The Bertz CT molecular complexity index is 554. The van der Waals surface area contributed by atoms with E-state index in [1.54, 1.807) is 7.11 Å². The van der Waals surface area contributed by atoms with Crippen molar-refractivity contribution in [2.45, 2.75) is 26.7 Å². The summed E-state index contributed by atoms with van der Waals surface area (Å²) in [7, 11) is 1.67. The number of fused-ring (bicyclic) bond motifs is 1. The topological polar surface area (TPSA) is 32.8 Å². The van der Waals surface area contributed by atoms with Gasteiger partial charge in [-0.2, -0.15) is 0 Å². The third-order valence-electron chi connectivity index (χ3n) is 4.01. The first-order chi connectivity index (χ1) is 10.5. The van der Waals surface area contributed by atoms with Crippen LogP contribution in [0.25, 0.3) is 0 Å². The standard InChI is InChI=1S/C18H26N2O2/c1-5-19(12-14(2)3)13-18(21)20-10-6-7-15-11-16(22-4)8-9-17(15)20/h8-9,11H,2,5-7,10,12-13H2,1,3-4H3. The SMILES string of the molecule is C=C(C)CN(CC)CC(=O)N1CCCc2cc(OC)ccc21. The molecular formula is C18H26N2O2. The molecule has 0 saturated heterocycles. The number of nitrogens with zero attached hydrogens (tertiary/aromatic N) is 2. The van der Waals surface area contributed by atoms with Crippen molar-refractivity contribution in [1.82, 2.24) is 4.90 Å². The number of benzene rings is 1. The van der Waals surface area contributed by atoms with Crippen LogP contribution in [-0.2, 0) is 11.2 Å². The van der Waals surface area contributed by atoms with Crippen molar-refractivity contribution in [1.29, 1.82) is 0 Å². The molecule has 4 nitrogen and oxygen atoms in total. The van der Waals surface area contributed by atoms with Gasteiger partial charge in [0.1, 0.15) is 5.75 Å². The Kier molecular flexibility index (Phi) is 5.61. The van der Waals surface area contributed by atoms with E-state index in [4.69, 9.17) is 4.74 Å². The van der Waals surface area contributed by atoms with E-state index in [0.29, 0.717) is 6.54 Å². The third-order valence-corrected chi connectivity index (χ3v) is 4.01. The molecule has 0 aromatic heterocycles. The van der Waals surface area contributed by atoms with Crippen molar-refractivity contribution in [2.24, 2.45) is 0 Å². The molecule has 0 saturated carbocycles. The minimum absolute atomic E-state index is 0.161. The van der Waals surface area contributed by atoms with Crippen LogP contribution in [0.5, 0.6) is 5.75 Å². The molecule has 0 bridgehead atoms. The van der Waals surface area contributed by atoms with Gasteiger partial charge in [0, 0.05) is 18.8 Å². The van der Waals surface area contributed by atoms with Crippen LogP contribution in [0.3, 0.4) is 0 Å². The van der Waals surface area contributed by atoms with Crippen molar-refractivity contribution in [3.63, 3.8) is 0 Å². The van der Waals surface area contributed by atoms with Crippen molar-refractivity contribution >= 4 is 11.6 Å². The molecule has 0 spiro atoms. The number of rotatable bonds is 6. The van der Waals surface area contributed by atoms with Gasteiger partial charge < -0.3 is 9.64 Å². The number of aryl methyl sites for hydroxylation is 1. The summed E-state index contributed by atoms with van der Waals surface area (Å²) in [6, 6.07) is 5.97. The molecule has 0 N–H and O–H groups in total. The Hall–Kier alpha value is -1.81. The molecule has 1 heterocycles. The maximum absolute atomic E-state index is 12.7. The molecule has 22 heavy (non-hydrogen) atoms. The number of carbonyl (C=O) groups is 1. The molecule has 1 aromatic rings. The molecule has 120 valence electrons. The van der Waals surface area contributed by atoms with Gasteiger partial charge in [0.2, 0.25) is 5.91 Å². The van der Waals surface area contributed by atoms with Gasteiger partial charge >= 0.3 is 0 Å². The quantitative estimate of drug-likeness (QED) is 0.758. The predicted molar refractivity (Wildman–Crippen MR) is 90.6 cm³/mol. The van der Waals surface area contributed by atoms with Crippen molar-refractivity contribution in [3.8, 4) is 5.75 Å². The lowest BCUT2D eigenvalue weighted by Gasteiger charge is -2.31. The van der Waals surface area contributed by atoms with E-state index in [1.807, 2.05) is 30.0 Å². The molecule has 1 aliphatic heterocycles. The highest BCUT2D eigenvalue weighted by atomic mass is 16.5.